The second-order valence-electron chi connectivity index (χ2n) is 6.05. The Labute approximate surface area is 135 Å². The van der Waals surface area contributed by atoms with Gasteiger partial charge < -0.3 is 9.64 Å². The maximum absolute atomic E-state index is 12.5. The zero-order valence-electron chi connectivity index (χ0n) is 13.1. The summed E-state index contributed by atoms with van der Waals surface area (Å²) < 4.78 is 5.65. The summed E-state index contributed by atoms with van der Waals surface area (Å²) in [5, 5.41) is 8.95. The molecule has 2 saturated heterocycles. The minimum atomic E-state index is -0.226. The lowest BCUT2D eigenvalue weighted by Gasteiger charge is -2.35. The van der Waals surface area contributed by atoms with Crippen LogP contribution in [0.25, 0.3) is 0 Å². The van der Waals surface area contributed by atoms with Crippen molar-refractivity contribution in [2.75, 3.05) is 39.3 Å². The van der Waals surface area contributed by atoms with Crippen LogP contribution in [0.2, 0.25) is 0 Å². The van der Waals surface area contributed by atoms with Crippen LogP contribution in [0.3, 0.4) is 0 Å². The van der Waals surface area contributed by atoms with Crippen molar-refractivity contribution in [3.8, 4) is 0 Å². The monoisotopic (exact) mass is 320 g/mol. The molecule has 0 bridgehead atoms. The summed E-state index contributed by atoms with van der Waals surface area (Å²) in [6, 6.07) is 6.13. The van der Waals surface area contributed by atoms with E-state index in [1.165, 1.54) is 12.1 Å². The Morgan fingerprint density at radius 2 is 2.09 bits per heavy atom. The van der Waals surface area contributed by atoms with Gasteiger partial charge in [0.05, 0.1) is 11.0 Å². The molecule has 1 aromatic rings. The lowest BCUT2D eigenvalue weighted by atomic mass is 10.1. The molecule has 1 N–H and O–H groups in total. The second-order valence-corrected chi connectivity index (χ2v) is 6.05. The van der Waals surface area contributed by atoms with Gasteiger partial charge in [-0.25, -0.2) is 5.21 Å². The number of rotatable bonds is 4. The molecule has 2 fully saturated rings. The third-order valence-electron chi connectivity index (χ3n) is 4.46. The Kier molecular flexibility index (Phi) is 4.88. The molecule has 0 saturated carbocycles. The highest BCUT2D eigenvalue weighted by atomic mass is 16.6. The van der Waals surface area contributed by atoms with Crippen LogP contribution in [0.5, 0.6) is 0 Å². The molecular formula is C16H22N3O4+. The van der Waals surface area contributed by atoms with Crippen LogP contribution in [0.15, 0.2) is 24.3 Å². The topological polar surface area (TPSA) is 73.1 Å². The molecule has 124 valence electrons. The first-order valence-corrected chi connectivity index (χ1v) is 8.03. The van der Waals surface area contributed by atoms with Crippen LogP contribution >= 0.6 is 0 Å². The van der Waals surface area contributed by atoms with Gasteiger partial charge in [0.2, 0.25) is 0 Å². The number of amides is 1. The minimum Gasteiger partial charge on any atom is -0.377 e. The number of hydrogen-bond acceptors (Lipinski definition) is 4. The zero-order valence-corrected chi connectivity index (χ0v) is 13.1. The number of carbonyl (C=O) groups is 1. The van der Waals surface area contributed by atoms with Crippen molar-refractivity contribution in [1.82, 2.24) is 9.80 Å². The molecule has 1 amide bonds. The fourth-order valence-corrected chi connectivity index (χ4v) is 3.15. The predicted molar refractivity (Wildman–Crippen MR) is 82.8 cm³/mol. The number of nitrogens with zero attached hydrogens (tertiary/aromatic N) is 3. The fraction of sp³-hybridized carbons (Fsp3) is 0.562. The molecule has 1 aromatic carbocycles. The highest BCUT2D eigenvalue weighted by Gasteiger charge is 2.26. The number of piperazine rings is 1. The molecule has 0 spiro atoms. The number of hydrogen-bond donors (Lipinski definition) is 1. The average molecular weight is 320 g/mol. The lowest BCUT2D eigenvalue weighted by Crippen LogP contribution is -2.50. The maximum Gasteiger partial charge on any atom is 0.317 e. The Morgan fingerprint density at radius 3 is 2.74 bits per heavy atom. The summed E-state index contributed by atoms with van der Waals surface area (Å²) in [5.41, 5.74) is 0.484. The van der Waals surface area contributed by atoms with Gasteiger partial charge >= 0.3 is 5.69 Å². The lowest BCUT2D eigenvalue weighted by molar-refractivity contribution is -0.729. The van der Waals surface area contributed by atoms with Crippen molar-refractivity contribution in [2.45, 2.75) is 18.9 Å². The summed E-state index contributed by atoms with van der Waals surface area (Å²) in [7, 11) is 0. The zero-order chi connectivity index (χ0) is 16.2. The molecule has 1 atom stereocenters. The minimum absolute atomic E-state index is 0.0628. The Bertz CT molecular complexity index is 578. The van der Waals surface area contributed by atoms with E-state index in [9.17, 15) is 9.70 Å². The van der Waals surface area contributed by atoms with E-state index in [1.54, 1.807) is 17.0 Å². The smallest absolute Gasteiger partial charge is 0.317 e. The van der Waals surface area contributed by atoms with Gasteiger partial charge in [-0.05, 0) is 18.9 Å². The number of ether oxygens (including phenoxy) is 1. The molecule has 2 aliphatic rings. The number of benzene rings is 1. The van der Waals surface area contributed by atoms with Gasteiger partial charge in [-0.1, -0.05) is 6.07 Å². The molecule has 2 aliphatic heterocycles. The highest BCUT2D eigenvalue weighted by molar-refractivity contribution is 5.94. The van der Waals surface area contributed by atoms with E-state index in [2.05, 4.69) is 4.90 Å². The molecule has 7 nitrogen and oxygen atoms in total. The van der Waals surface area contributed by atoms with Crippen molar-refractivity contribution in [3.63, 3.8) is 0 Å². The van der Waals surface area contributed by atoms with Crippen LogP contribution < -0.4 is 0 Å². The average Bonchev–Trinajstić information content (AvgIpc) is 3.08. The summed E-state index contributed by atoms with van der Waals surface area (Å²) in [6.07, 6.45) is 2.60. The number of carbonyl (C=O) groups excluding carboxylic acids is 1. The van der Waals surface area contributed by atoms with Crippen molar-refractivity contribution >= 4 is 11.6 Å². The normalized spacial score (nSPS) is 22.3. The molecule has 2 heterocycles. The summed E-state index contributed by atoms with van der Waals surface area (Å²) in [5.74, 6) is -0.106. The van der Waals surface area contributed by atoms with Gasteiger partial charge in [0.15, 0.2) is 0 Å². The predicted octanol–water partition coefficient (Wildman–Crippen LogP) is 1.42. The molecule has 1 unspecified atom stereocenters. The van der Waals surface area contributed by atoms with Gasteiger partial charge in [-0.15, -0.1) is 0 Å². The van der Waals surface area contributed by atoms with E-state index in [4.69, 9.17) is 9.94 Å². The van der Waals surface area contributed by atoms with Crippen molar-refractivity contribution in [3.05, 3.63) is 34.7 Å². The van der Waals surface area contributed by atoms with Gasteiger partial charge in [0.1, 0.15) is 0 Å². The van der Waals surface area contributed by atoms with Crippen molar-refractivity contribution in [2.24, 2.45) is 0 Å². The first-order chi connectivity index (χ1) is 11.1. The summed E-state index contributed by atoms with van der Waals surface area (Å²) in [4.78, 5) is 27.3. The highest BCUT2D eigenvalue weighted by Crippen LogP contribution is 2.17. The molecular weight excluding hydrogens is 298 g/mol. The first kappa shape index (κ1) is 15.9. The Hall–Kier alpha value is -1.99. The third-order valence-corrected chi connectivity index (χ3v) is 4.46. The quantitative estimate of drug-likeness (QED) is 0.850. The first-order valence-electron chi connectivity index (χ1n) is 8.03. The van der Waals surface area contributed by atoms with Gasteiger partial charge in [0.25, 0.3) is 10.8 Å². The van der Waals surface area contributed by atoms with Crippen LogP contribution in [-0.4, -0.2) is 71.3 Å². The second kappa shape index (κ2) is 7.06. The van der Waals surface area contributed by atoms with Gasteiger partial charge in [-0.3, -0.25) is 9.69 Å². The maximum atomic E-state index is 12.5. The summed E-state index contributed by atoms with van der Waals surface area (Å²) >= 11 is 0. The van der Waals surface area contributed by atoms with E-state index in [0.717, 1.165) is 39.1 Å². The van der Waals surface area contributed by atoms with E-state index in [0.29, 0.717) is 24.8 Å². The molecule has 0 aliphatic carbocycles. The van der Waals surface area contributed by atoms with E-state index in [-0.39, 0.29) is 16.5 Å². The molecule has 7 heteroatoms. The Morgan fingerprint density at radius 1 is 1.30 bits per heavy atom. The molecule has 23 heavy (non-hydrogen) atoms. The summed E-state index contributed by atoms with van der Waals surface area (Å²) in [6.45, 7) is 4.79. The third kappa shape index (κ3) is 3.86. The van der Waals surface area contributed by atoms with E-state index >= 15 is 0 Å². The Balaban J connectivity index is 1.55. The van der Waals surface area contributed by atoms with Crippen LogP contribution in [0.4, 0.5) is 5.69 Å². The fourth-order valence-electron chi connectivity index (χ4n) is 3.15. The molecule has 0 radical (unpaired) electrons. The van der Waals surface area contributed by atoms with Crippen LogP contribution in [0.1, 0.15) is 23.2 Å². The van der Waals surface area contributed by atoms with Crippen LogP contribution in [-0.2, 0) is 4.74 Å². The molecule has 3 rings (SSSR count). The van der Waals surface area contributed by atoms with E-state index < -0.39 is 0 Å². The van der Waals surface area contributed by atoms with E-state index in [1.807, 2.05) is 0 Å². The van der Waals surface area contributed by atoms with Gasteiger partial charge in [-0.2, -0.15) is 0 Å². The molecule has 0 aromatic heterocycles. The SMILES string of the molecule is O=C(c1cccc([N+](=O)O)c1)N1CCN(CC2CCCO2)CC1. The van der Waals surface area contributed by atoms with Crippen molar-refractivity contribution in [1.29, 1.82) is 0 Å². The van der Waals surface area contributed by atoms with Crippen LogP contribution in [0, 0.1) is 4.91 Å². The van der Waals surface area contributed by atoms with Gasteiger partial charge in [0, 0.05) is 57.0 Å². The standard InChI is InChI=1S/C16H22N3O4/c20-16(13-3-1-4-14(11-13)19(21)22)18-8-6-17(7-9-18)12-15-5-2-10-23-15/h1,3-4,11,15H,2,5-10,12H2,(H,21,22)/q+1. The van der Waals surface area contributed by atoms with Crippen molar-refractivity contribution < 1.29 is 19.7 Å². The largest absolute Gasteiger partial charge is 0.377 e.